The molecule has 0 aliphatic carbocycles. The van der Waals surface area contributed by atoms with Crippen molar-refractivity contribution in [3.63, 3.8) is 0 Å². The van der Waals surface area contributed by atoms with Crippen LogP contribution in [0.25, 0.3) is 0 Å². The average molecular weight is 238 g/mol. The molecule has 0 atom stereocenters. The van der Waals surface area contributed by atoms with Crippen molar-refractivity contribution in [3.8, 4) is 0 Å². The molecule has 0 heterocycles. The van der Waals surface area contributed by atoms with E-state index in [1.807, 2.05) is 0 Å². The van der Waals surface area contributed by atoms with Gasteiger partial charge in [-0.05, 0) is 39.3 Å². The third kappa shape index (κ3) is 2.84. The molecule has 0 fully saturated rings. The molecule has 0 aliphatic rings. The summed E-state index contributed by atoms with van der Waals surface area (Å²) >= 11 is 0. The Morgan fingerprint density at radius 3 is 1.94 bits per heavy atom. The van der Waals surface area contributed by atoms with Crippen LogP contribution in [-0.2, 0) is 11.2 Å². The van der Waals surface area contributed by atoms with Crippen molar-refractivity contribution in [2.75, 3.05) is 0 Å². The van der Waals surface area contributed by atoms with Gasteiger partial charge in [0.25, 0.3) is 0 Å². The number of benzene rings is 1. The number of carbonyl (C=O) groups is 1. The summed E-state index contributed by atoms with van der Waals surface area (Å²) in [5.74, 6) is -1.12. The zero-order valence-corrected chi connectivity index (χ0v) is 10.5. The Hall–Kier alpha value is -1.39. The number of rotatable bonds is 3. The largest absolute Gasteiger partial charge is 0.478 e. The van der Waals surface area contributed by atoms with E-state index in [0.29, 0.717) is 5.56 Å². The summed E-state index contributed by atoms with van der Waals surface area (Å²) in [6, 6.07) is 4.61. The van der Waals surface area contributed by atoms with Crippen molar-refractivity contribution in [1.82, 2.24) is 0 Å². The molecule has 4 nitrogen and oxygen atoms in total. The Balaban J connectivity index is 3.64. The molecule has 3 N–H and O–H groups in total. The number of aliphatic hydroxyl groups is 2. The van der Waals surface area contributed by atoms with Crippen LogP contribution in [0, 0.1) is 0 Å². The minimum Gasteiger partial charge on any atom is -0.478 e. The molecule has 1 aromatic rings. The van der Waals surface area contributed by atoms with Crippen LogP contribution in [0.15, 0.2) is 18.2 Å². The predicted molar refractivity (Wildman–Crippen MR) is 63.9 cm³/mol. The lowest BCUT2D eigenvalue weighted by Gasteiger charge is -2.29. The highest BCUT2D eigenvalue weighted by Crippen LogP contribution is 2.33. The maximum absolute atomic E-state index is 11.2. The Morgan fingerprint density at radius 2 is 1.59 bits per heavy atom. The minimum atomic E-state index is -1.33. The van der Waals surface area contributed by atoms with Crippen LogP contribution >= 0.6 is 0 Å². The molecule has 0 saturated carbocycles. The number of aromatic carboxylic acids is 1. The highest BCUT2D eigenvalue weighted by Gasteiger charge is 2.31. The van der Waals surface area contributed by atoms with Gasteiger partial charge in [-0.15, -0.1) is 0 Å². The van der Waals surface area contributed by atoms with Gasteiger partial charge in [0.05, 0.1) is 16.8 Å². The molecule has 0 amide bonds. The third-order valence-electron chi connectivity index (χ3n) is 2.57. The number of carboxylic acid groups (broad SMARTS) is 1. The van der Waals surface area contributed by atoms with Gasteiger partial charge < -0.3 is 15.3 Å². The van der Waals surface area contributed by atoms with Crippen molar-refractivity contribution in [2.45, 2.75) is 38.9 Å². The van der Waals surface area contributed by atoms with Gasteiger partial charge in [0, 0.05) is 5.56 Å². The average Bonchev–Trinajstić information content (AvgIpc) is 2.13. The van der Waals surface area contributed by atoms with Gasteiger partial charge in [0.1, 0.15) is 0 Å². The smallest absolute Gasteiger partial charge is 0.336 e. The van der Waals surface area contributed by atoms with E-state index in [4.69, 9.17) is 5.11 Å². The number of hydrogen-bond donors (Lipinski definition) is 3. The number of carboxylic acids is 1. The second-order valence-corrected chi connectivity index (χ2v) is 5.15. The number of hydrogen-bond acceptors (Lipinski definition) is 3. The van der Waals surface area contributed by atoms with Crippen LogP contribution < -0.4 is 0 Å². The first-order chi connectivity index (χ1) is 7.55. The normalized spacial score (nSPS) is 12.6. The van der Waals surface area contributed by atoms with Crippen molar-refractivity contribution in [1.29, 1.82) is 0 Å². The van der Waals surface area contributed by atoms with Crippen LogP contribution in [0.5, 0.6) is 0 Å². The zero-order chi connectivity index (χ0) is 13.4. The molecule has 0 bridgehead atoms. The Morgan fingerprint density at radius 1 is 1.06 bits per heavy atom. The lowest BCUT2D eigenvalue weighted by Crippen LogP contribution is -2.28. The fraction of sp³-hybridized carbons (Fsp3) is 0.462. The van der Waals surface area contributed by atoms with Crippen LogP contribution in [-0.4, -0.2) is 21.3 Å². The monoisotopic (exact) mass is 238 g/mol. The fourth-order valence-electron chi connectivity index (χ4n) is 1.90. The van der Waals surface area contributed by atoms with Gasteiger partial charge in [0.2, 0.25) is 0 Å². The maximum atomic E-state index is 11.2. The molecule has 94 valence electrons. The first kappa shape index (κ1) is 13.7. The van der Waals surface area contributed by atoms with E-state index in [1.54, 1.807) is 26.0 Å². The van der Waals surface area contributed by atoms with Crippen LogP contribution in [0.4, 0.5) is 0 Å². The van der Waals surface area contributed by atoms with Crippen LogP contribution in [0.3, 0.4) is 0 Å². The molecular formula is C13H18O4. The fourth-order valence-corrected chi connectivity index (χ4v) is 1.90. The summed E-state index contributed by atoms with van der Waals surface area (Å²) in [7, 11) is 0. The summed E-state index contributed by atoms with van der Waals surface area (Å²) in [6.45, 7) is 6.13. The Bertz CT molecular complexity index is 436. The summed E-state index contributed by atoms with van der Waals surface area (Å²) in [5.41, 5.74) is -1.85. The quantitative estimate of drug-likeness (QED) is 0.750. The van der Waals surface area contributed by atoms with Crippen LogP contribution in [0.2, 0.25) is 0 Å². The summed E-state index contributed by atoms with van der Waals surface area (Å²) in [6.07, 6.45) is 0. The minimum absolute atomic E-state index is 0.0112. The molecule has 0 aromatic heterocycles. The second kappa shape index (κ2) is 4.13. The van der Waals surface area contributed by atoms with E-state index in [9.17, 15) is 15.0 Å². The van der Waals surface area contributed by atoms with Gasteiger partial charge in [0.15, 0.2) is 0 Å². The van der Waals surface area contributed by atoms with Gasteiger partial charge in [-0.3, -0.25) is 0 Å². The van der Waals surface area contributed by atoms with E-state index in [0.717, 1.165) is 0 Å². The van der Waals surface area contributed by atoms with E-state index < -0.39 is 17.2 Å². The summed E-state index contributed by atoms with van der Waals surface area (Å²) < 4.78 is 0. The first-order valence-electron chi connectivity index (χ1n) is 5.37. The molecule has 1 rings (SSSR count). The van der Waals surface area contributed by atoms with Gasteiger partial charge in [-0.2, -0.15) is 0 Å². The molecule has 0 spiro atoms. The topological polar surface area (TPSA) is 77.8 Å². The summed E-state index contributed by atoms with van der Waals surface area (Å²) in [4.78, 5) is 11.2. The van der Waals surface area contributed by atoms with Crippen molar-refractivity contribution in [3.05, 3.63) is 34.9 Å². The SMILES string of the molecule is CC(C)(O)c1cccc(C(=O)O)c1C(C)(C)O. The third-order valence-corrected chi connectivity index (χ3v) is 2.57. The molecule has 0 aliphatic heterocycles. The van der Waals surface area contributed by atoms with Gasteiger partial charge in [-0.25, -0.2) is 4.79 Å². The predicted octanol–water partition coefficient (Wildman–Crippen LogP) is 1.84. The lowest BCUT2D eigenvalue weighted by molar-refractivity contribution is 0.0488. The molecule has 4 heteroatoms. The van der Waals surface area contributed by atoms with Crippen molar-refractivity contribution >= 4 is 5.97 Å². The van der Waals surface area contributed by atoms with Gasteiger partial charge in [-0.1, -0.05) is 12.1 Å². The zero-order valence-electron chi connectivity index (χ0n) is 10.5. The Kier molecular flexibility index (Phi) is 3.32. The summed E-state index contributed by atoms with van der Waals surface area (Å²) in [5, 5.41) is 29.3. The molecule has 17 heavy (non-hydrogen) atoms. The van der Waals surface area contributed by atoms with E-state index in [1.165, 1.54) is 19.9 Å². The molecular weight excluding hydrogens is 220 g/mol. The van der Waals surface area contributed by atoms with Crippen molar-refractivity contribution < 1.29 is 20.1 Å². The second-order valence-electron chi connectivity index (χ2n) is 5.15. The molecule has 0 unspecified atom stereocenters. The molecule has 0 radical (unpaired) electrons. The maximum Gasteiger partial charge on any atom is 0.336 e. The molecule has 0 saturated heterocycles. The van der Waals surface area contributed by atoms with E-state index in [2.05, 4.69) is 0 Å². The standard InChI is InChI=1S/C13H18O4/c1-12(2,16)9-7-5-6-8(11(14)15)10(9)13(3,4)17/h5-7,16-17H,1-4H3,(H,14,15). The Labute approximate surface area is 101 Å². The molecule has 1 aromatic carbocycles. The highest BCUT2D eigenvalue weighted by atomic mass is 16.4. The van der Waals surface area contributed by atoms with Crippen LogP contribution in [0.1, 0.15) is 49.2 Å². The van der Waals surface area contributed by atoms with E-state index >= 15 is 0 Å². The highest BCUT2D eigenvalue weighted by molar-refractivity contribution is 5.90. The van der Waals surface area contributed by atoms with E-state index in [-0.39, 0.29) is 11.1 Å². The van der Waals surface area contributed by atoms with Gasteiger partial charge >= 0.3 is 5.97 Å². The first-order valence-corrected chi connectivity index (χ1v) is 5.37. The van der Waals surface area contributed by atoms with Crippen molar-refractivity contribution in [2.24, 2.45) is 0 Å². The lowest BCUT2D eigenvalue weighted by atomic mass is 9.82.